The van der Waals surface area contributed by atoms with Crippen molar-refractivity contribution < 1.29 is 9.90 Å². The summed E-state index contributed by atoms with van der Waals surface area (Å²) in [7, 11) is 0. The number of aromatic nitrogens is 2. The number of aryl methyl sites for hydroxylation is 1. The van der Waals surface area contributed by atoms with E-state index in [1.165, 1.54) is 12.8 Å². The Morgan fingerprint density at radius 3 is 3.06 bits per heavy atom. The van der Waals surface area contributed by atoms with E-state index in [0.717, 1.165) is 25.9 Å². The molecule has 1 aromatic heterocycles. The monoisotopic (exact) mass is 251 g/mol. The molecular formula is C13H21N3O2. The van der Waals surface area contributed by atoms with E-state index in [9.17, 15) is 4.79 Å². The second-order valence-corrected chi connectivity index (χ2v) is 4.89. The van der Waals surface area contributed by atoms with Crippen molar-refractivity contribution in [3.8, 4) is 0 Å². The fourth-order valence-corrected chi connectivity index (χ4v) is 2.68. The Labute approximate surface area is 107 Å². The summed E-state index contributed by atoms with van der Waals surface area (Å²) in [5.74, 6) is -0.697. The van der Waals surface area contributed by atoms with Gasteiger partial charge in [0, 0.05) is 31.5 Å². The smallest absolute Gasteiger partial charge is 0.304 e. The van der Waals surface area contributed by atoms with Crippen LogP contribution in [0, 0.1) is 0 Å². The van der Waals surface area contributed by atoms with Crippen LogP contribution in [0.15, 0.2) is 18.5 Å². The summed E-state index contributed by atoms with van der Waals surface area (Å²) in [4.78, 5) is 12.9. The van der Waals surface area contributed by atoms with E-state index in [0.29, 0.717) is 12.6 Å². The maximum atomic E-state index is 10.6. The standard InChI is InChI=1S/C13H21N3O2/c17-13(18)6-11-15-8-1-4-12(15)5-2-9-16-10-3-7-14-16/h3,7,10,12H,1-2,4-6,8-9,11H2,(H,17,18)/t12-/m0/s1. The number of hydrogen-bond acceptors (Lipinski definition) is 3. The Morgan fingerprint density at radius 1 is 1.44 bits per heavy atom. The second kappa shape index (κ2) is 6.54. The quantitative estimate of drug-likeness (QED) is 0.799. The number of likely N-dealkylation sites (tertiary alicyclic amines) is 1. The lowest BCUT2D eigenvalue weighted by Gasteiger charge is -2.23. The summed E-state index contributed by atoms with van der Waals surface area (Å²) in [6, 6.07) is 2.51. The number of nitrogens with zero attached hydrogens (tertiary/aromatic N) is 3. The third-order valence-corrected chi connectivity index (χ3v) is 3.60. The summed E-state index contributed by atoms with van der Waals surface area (Å²) in [6.07, 6.45) is 8.70. The van der Waals surface area contributed by atoms with Gasteiger partial charge < -0.3 is 5.11 Å². The van der Waals surface area contributed by atoms with Crippen LogP contribution >= 0.6 is 0 Å². The zero-order chi connectivity index (χ0) is 12.8. The molecule has 0 radical (unpaired) electrons. The molecule has 0 bridgehead atoms. The minimum atomic E-state index is -0.697. The van der Waals surface area contributed by atoms with Gasteiger partial charge in [0.1, 0.15) is 0 Å². The minimum absolute atomic E-state index is 0.260. The first-order chi connectivity index (χ1) is 8.75. The first-order valence-electron chi connectivity index (χ1n) is 6.69. The van der Waals surface area contributed by atoms with Crippen LogP contribution in [0.4, 0.5) is 0 Å². The van der Waals surface area contributed by atoms with E-state index in [1.54, 1.807) is 6.20 Å². The van der Waals surface area contributed by atoms with Crippen molar-refractivity contribution >= 4 is 5.97 Å². The Hall–Kier alpha value is -1.36. The van der Waals surface area contributed by atoms with Crippen LogP contribution in [-0.4, -0.2) is 44.9 Å². The molecule has 1 aromatic rings. The van der Waals surface area contributed by atoms with Crippen molar-refractivity contribution in [2.45, 2.75) is 44.7 Å². The summed E-state index contributed by atoms with van der Waals surface area (Å²) in [5.41, 5.74) is 0. The van der Waals surface area contributed by atoms with Crippen LogP contribution in [0.2, 0.25) is 0 Å². The van der Waals surface area contributed by atoms with Gasteiger partial charge in [-0.2, -0.15) is 5.10 Å². The average molecular weight is 251 g/mol. The van der Waals surface area contributed by atoms with Crippen LogP contribution in [0.25, 0.3) is 0 Å². The molecule has 0 aromatic carbocycles. The van der Waals surface area contributed by atoms with Crippen molar-refractivity contribution in [3.05, 3.63) is 18.5 Å². The average Bonchev–Trinajstić information content (AvgIpc) is 2.97. The van der Waals surface area contributed by atoms with Crippen LogP contribution in [-0.2, 0) is 11.3 Å². The Balaban J connectivity index is 1.69. The summed E-state index contributed by atoms with van der Waals surface area (Å²) in [6.45, 7) is 2.71. The van der Waals surface area contributed by atoms with Crippen molar-refractivity contribution in [2.75, 3.05) is 13.1 Å². The predicted octanol–water partition coefficient (Wildman–Crippen LogP) is 1.60. The minimum Gasteiger partial charge on any atom is -0.481 e. The molecule has 1 saturated heterocycles. The number of carboxylic acids is 1. The second-order valence-electron chi connectivity index (χ2n) is 4.89. The van der Waals surface area contributed by atoms with Gasteiger partial charge in [-0.25, -0.2) is 0 Å². The summed E-state index contributed by atoms with van der Waals surface area (Å²) in [5, 5.41) is 12.9. The number of hydrogen-bond donors (Lipinski definition) is 1. The highest BCUT2D eigenvalue weighted by Crippen LogP contribution is 2.21. The molecule has 2 rings (SSSR count). The predicted molar refractivity (Wildman–Crippen MR) is 68.3 cm³/mol. The maximum absolute atomic E-state index is 10.6. The highest BCUT2D eigenvalue weighted by Gasteiger charge is 2.23. The third-order valence-electron chi connectivity index (χ3n) is 3.60. The van der Waals surface area contributed by atoms with E-state index < -0.39 is 5.97 Å². The van der Waals surface area contributed by atoms with Gasteiger partial charge in [-0.15, -0.1) is 0 Å². The molecule has 5 heteroatoms. The van der Waals surface area contributed by atoms with E-state index >= 15 is 0 Å². The number of carbonyl (C=O) groups is 1. The molecule has 1 atom stereocenters. The Kier molecular flexibility index (Phi) is 4.75. The molecule has 0 unspecified atom stereocenters. The van der Waals surface area contributed by atoms with Crippen LogP contribution < -0.4 is 0 Å². The number of aliphatic carboxylic acids is 1. The molecule has 0 spiro atoms. The largest absolute Gasteiger partial charge is 0.481 e. The van der Waals surface area contributed by atoms with Crippen molar-refractivity contribution in [1.82, 2.24) is 14.7 Å². The maximum Gasteiger partial charge on any atom is 0.304 e. The van der Waals surface area contributed by atoms with E-state index in [-0.39, 0.29) is 6.42 Å². The summed E-state index contributed by atoms with van der Waals surface area (Å²) < 4.78 is 1.95. The first-order valence-corrected chi connectivity index (χ1v) is 6.69. The van der Waals surface area contributed by atoms with E-state index in [1.807, 2.05) is 16.9 Å². The van der Waals surface area contributed by atoms with E-state index in [2.05, 4.69) is 10.00 Å². The van der Waals surface area contributed by atoms with Crippen molar-refractivity contribution in [3.63, 3.8) is 0 Å². The fourth-order valence-electron chi connectivity index (χ4n) is 2.68. The van der Waals surface area contributed by atoms with Crippen LogP contribution in [0.5, 0.6) is 0 Å². The van der Waals surface area contributed by atoms with Crippen molar-refractivity contribution in [1.29, 1.82) is 0 Å². The molecule has 1 aliphatic rings. The Bertz CT molecular complexity index is 364. The normalized spacial score (nSPS) is 20.3. The Morgan fingerprint density at radius 2 is 2.33 bits per heavy atom. The highest BCUT2D eigenvalue weighted by atomic mass is 16.4. The van der Waals surface area contributed by atoms with Gasteiger partial charge >= 0.3 is 5.97 Å². The van der Waals surface area contributed by atoms with Gasteiger partial charge in [-0.1, -0.05) is 0 Å². The lowest BCUT2D eigenvalue weighted by molar-refractivity contribution is -0.137. The van der Waals surface area contributed by atoms with Gasteiger partial charge in [0.15, 0.2) is 0 Å². The zero-order valence-electron chi connectivity index (χ0n) is 10.7. The lowest BCUT2D eigenvalue weighted by atomic mass is 10.1. The molecule has 0 amide bonds. The molecule has 2 heterocycles. The molecule has 1 aliphatic heterocycles. The molecule has 5 nitrogen and oxygen atoms in total. The molecule has 100 valence electrons. The molecule has 1 N–H and O–H groups in total. The van der Waals surface area contributed by atoms with Gasteiger partial charge in [0.25, 0.3) is 0 Å². The van der Waals surface area contributed by atoms with Gasteiger partial charge in [0.05, 0.1) is 6.42 Å². The van der Waals surface area contributed by atoms with Crippen molar-refractivity contribution in [2.24, 2.45) is 0 Å². The highest BCUT2D eigenvalue weighted by molar-refractivity contribution is 5.66. The van der Waals surface area contributed by atoms with Crippen LogP contribution in [0.1, 0.15) is 32.1 Å². The van der Waals surface area contributed by atoms with E-state index in [4.69, 9.17) is 5.11 Å². The molecule has 0 saturated carbocycles. The molecular weight excluding hydrogens is 230 g/mol. The van der Waals surface area contributed by atoms with Gasteiger partial charge in [0.2, 0.25) is 0 Å². The lowest BCUT2D eigenvalue weighted by Crippen LogP contribution is -2.31. The number of carboxylic acid groups (broad SMARTS) is 1. The first kappa shape index (κ1) is 13.1. The fraction of sp³-hybridized carbons (Fsp3) is 0.692. The molecule has 1 fully saturated rings. The zero-order valence-corrected chi connectivity index (χ0v) is 10.7. The number of rotatable bonds is 7. The SMILES string of the molecule is O=C(O)CCN1CCC[C@H]1CCCn1cccn1. The molecule has 0 aliphatic carbocycles. The molecule has 18 heavy (non-hydrogen) atoms. The van der Waals surface area contributed by atoms with Crippen LogP contribution in [0.3, 0.4) is 0 Å². The third kappa shape index (κ3) is 3.84. The topological polar surface area (TPSA) is 58.4 Å². The van der Waals surface area contributed by atoms with Gasteiger partial charge in [-0.3, -0.25) is 14.4 Å². The summed E-state index contributed by atoms with van der Waals surface area (Å²) >= 11 is 0. The van der Waals surface area contributed by atoms with Gasteiger partial charge in [-0.05, 0) is 38.3 Å².